The van der Waals surface area contributed by atoms with Gasteiger partial charge >= 0.3 is 19.5 Å². The first-order chi connectivity index (χ1) is 3.29. The average Bonchev–Trinajstić information content (AvgIpc) is 1.87. The molecule has 0 saturated heterocycles. The fraction of sp³-hybridized carbons (Fsp3) is 0.400. The van der Waals surface area contributed by atoms with E-state index in [4.69, 9.17) is 0 Å². The normalized spacial score (nSPS) is 16.8. The van der Waals surface area contributed by atoms with Crippen LogP contribution in [0.3, 0.4) is 0 Å². The van der Waals surface area contributed by atoms with E-state index in [9.17, 15) is 0 Å². The maximum atomic E-state index is 2.00. The fourth-order valence-electron chi connectivity index (χ4n) is 0.575. The van der Waals surface area contributed by atoms with Crippen LogP contribution in [0.25, 0.3) is 0 Å². The van der Waals surface area contributed by atoms with E-state index in [1.807, 2.05) is 43.0 Å². The number of rotatable bonds is 0. The molecule has 0 atom stereocenters. The number of hydrogen-bond acceptors (Lipinski definition) is 2. The van der Waals surface area contributed by atoms with Crippen LogP contribution in [0.4, 0.5) is 0 Å². The molecule has 0 aromatic heterocycles. The molecule has 0 saturated carbocycles. The molecule has 0 aromatic carbocycles. The molecule has 2 nitrogen and oxygen atoms in total. The van der Waals surface area contributed by atoms with E-state index in [1.165, 1.54) is 0 Å². The van der Waals surface area contributed by atoms with Crippen molar-refractivity contribution in [3.63, 3.8) is 0 Å². The van der Waals surface area contributed by atoms with Gasteiger partial charge in [-0.05, 0) is 26.5 Å². The quantitative estimate of drug-likeness (QED) is 0.412. The van der Waals surface area contributed by atoms with E-state index >= 15 is 0 Å². The van der Waals surface area contributed by atoms with Crippen molar-refractivity contribution in [2.75, 3.05) is 14.1 Å². The summed E-state index contributed by atoms with van der Waals surface area (Å²) in [6, 6.07) is 0. The van der Waals surface area contributed by atoms with Gasteiger partial charge in [0.15, 0.2) is 0 Å². The Morgan fingerprint density at radius 2 is 1.50 bits per heavy atom. The Bertz CT molecular complexity index is 82.4. The summed E-state index contributed by atoms with van der Waals surface area (Å²) in [4.78, 5) is 4.00. The summed E-state index contributed by atoms with van der Waals surface area (Å²) >= 11 is 0. The smallest absolute Gasteiger partial charge is 0.511 e. The van der Waals surface area contributed by atoms with E-state index < -0.39 is 0 Å². The van der Waals surface area contributed by atoms with Crippen molar-refractivity contribution in [3.8, 4) is 0 Å². The molecule has 1 radical (unpaired) electrons. The zero-order valence-electron chi connectivity index (χ0n) is 4.98. The van der Waals surface area contributed by atoms with E-state index in [1.54, 1.807) is 0 Å². The van der Waals surface area contributed by atoms with Gasteiger partial charge in [0.1, 0.15) is 0 Å². The molecule has 3 heteroatoms. The molecule has 0 amide bonds. The van der Waals surface area contributed by atoms with Crippen LogP contribution in [0.5, 0.6) is 0 Å². The molecule has 1 rings (SSSR count). The van der Waals surface area contributed by atoms with Crippen molar-refractivity contribution in [2.45, 2.75) is 0 Å². The summed E-state index contributed by atoms with van der Waals surface area (Å²) in [6.45, 7) is 2.00. The van der Waals surface area contributed by atoms with Crippen LogP contribution in [0, 0.1) is 6.67 Å². The van der Waals surface area contributed by atoms with E-state index in [2.05, 4.69) is 0 Å². The van der Waals surface area contributed by atoms with Crippen LogP contribution < -0.4 is 0 Å². The van der Waals surface area contributed by atoms with Crippen molar-refractivity contribution in [1.29, 1.82) is 0 Å². The van der Waals surface area contributed by atoms with Gasteiger partial charge in [-0.3, -0.25) is 0 Å². The monoisotopic (exact) mass is 199 g/mol. The summed E-state index contributed by atoms with van der Waals surface area (Å²) in [5.41, 5.74) is 0. The standard InChI is InChI=1S/C5H9N2.Ru/c1-6-3-4-7(2)5-6;/h3-5H,1-2H3;/q-1;+1. The van der Waals surface area contributed by atoms with Crippen LogP contribution in [0.1, 0.15) is 0 Å². The van der Waals surface area contributed by atoms with Gasteiger partial charge in [-0.1, -0.05) is 0 Å². The minimum atomic E-state index is 0. The average molecular weight is 198 g/mol. The largest absolute Gasteiger partial charge is 1.00 e. The second kappa shape index (κ2) is 3.08. The first-order valence-electron chi connectivity index (χ1n) is 2.26. The molecule has 8 heavy (non-hydrogen) atoms. The summed E-state index contributed by atoms with van der Waals surface area (Å²) in [6.07, 6.45) is 4.00. The zero-order chi connectivity index (χ0) is 5.28. The van der Waals surface area contributed by atoms with Gasteiger partial charge in [-0.2, -0.15) is 6.67 Å². The molecule has 0 unspecified atom stereocenters. The topological polar surface area (TPSA) is 6.48 Å². The molecule has 0 aromatic rings. The molecule has 0 fully saturated rings. The third-order valence-electron chi connectivity index (χ3n) is 0.901. The van der Waals surface area contributed by atoms with Gasteiger partial charge < -0.3 is 9.80 Å². The predicted octanol–water partition coefficient (Wildman–Crippen LogP) is 0.452. The summed E-state index contributed by atoms with van der Waals surface area (Å²) in [5.74, 6) is 0. The minimum absolute atomic E-state index is 0. The van der Waals surface area contributed by atoms with Crippen LogP contribution >= 0.6 is 0 Å². The van der Waals surface area contributed by atoms with Gasteiger partial charge in [0, 0.05) is 0 Å². The maximum absolute atomic E-state index is 2.00. The van der Waals surface area contributed by atoms with Crippen LogP contribution in [-0.4, -0.2) is 23.9 Å². The summed E-state index contributed by atoms with van der Waals surface area (Å²) in [7, 11) is 4.00. The van der Waals surface area contributed by atoms with Gasteiger partial charge in [0.2, 0.25) is 0 Å². The third kappa shape index (κ3) is 1.83. The fourth-order valence-corrected chi connectivity index (χ4v) is 0.575. The number of nitrogens with zero attached hydrogens (tertiary/aromatic N) is 2. The molecule has 1 aliphatic rings. The molecule has 0 N–H and O–H groups in total. The van der Waals surface area contributed by atoms with Crippen LogP contribution in [0.15, 0.2) is 12.4 Å². The molecule has 1 heterocycles. The molecule has 0 spiro atoms. The summed E-state index contributed by atoms with van der Waals surface area (Å²) < 4.78 is 0. The van der Waals surface area contributed by atoms with Crippen molar-refractivity contribution in [1.82, 2.24) is 9.80 Å². The van der Waals surface area contributed by atoms with E-state index in [0.29, 0.717) is 0 Å². The van der Waals surface area contributed by atoms with Crippen molar-refractivity contribution >= 4 is 0 Å². The van der Waals surface area contributed by atoms with Crippen molar-refractivity contribution < 1.29 is 19.5 Å². The van der Waals surface area contributed by atoms with E-state index in [0.717, 1.165) is 0 Å². The minimum Gasteiger partial charge on any atom is -0.511 e. The molecule has 1 aliphatic heterocycles. The predicted molar refractivity (Wildman–Crippen MR) is 29.0 cm³/mol. The molecular formula is C5H9N2Ru. The molecule has 0 aliphatic carbocycles. The Balaban J connectivity index is 0.000000490. The van der Waals surface area contributed by atoms with E-state index in [-0.39, 0.29) is 19.5 Å². The number of hydrogen-bond donors (Lipinski definition) is 0. The molecular weight excluding hydrogens is 189 g/mol. The van der Waals surface area contributed by atoms with Gasteiger partial charge in [0.25, 0.3) is 0 Å². The second-order valence-electron chi connectivity index (χ2n) is 1.74. The van der Waals surface area contributed by atoms with Crippen molar-refractivity contribution in [2.24, 2.45) is 0 Å². The Morgan fingerprint density at radius 3 is 1.62 bits per heavy atom. The first kappa shape index (κ1) is 7.96. The van der Waals surface area contributed by atoms with Gasteiger partial charge in [-0.25, -0.2) is 0 Å². The Morgan fingerprint density at radius 1 is 1.12 bits per heavy atom. The van der Waals surface area contributed by atoms with Crippen LogP contribution in [0.2, 0.25) is 0 Å². The Kier molecular flexibility index (Phi) is 3.07. The zero-order valence-corrected chi connectivity index (χ0v) is 6.72. The summed E-state index contributed by atoms with van der Waals surface area (Å²) in [5, 5.41) is 0. The second-order valence-corrected chi connectivity index (χ2v) is 1.74. The first-order valence-corrected chi connectivity index (χ1v) is 2.26. The van der Waals surface area contributed by atoms with Crippen LogP contribution in [-0.2, 0) is 19.5 Å². The van der Waals surface area contributed by atoms with Gasteiger partial charge in [-0.15, -0.1) is 0 Å². The van der Waals surface area contributed by atoms with Gasteiger partial charge in [0.05, 0.1) is 0 Å². The Hall–Kier alpha value is -0.0366. The third-order valence-corrected chi connectivity index (χ3v) is 0.901. The Labute approximate surface area is 62.9 Å². The molecule has 47 valence electrons. The van der Waals surface area contributed by atoms with Crippen molar-refractivity contribution in [3.05, 3.63) is 19.1 Å². The SMILES string of the molecule is CN1C=CN(C)[CH-]1.[Ru+]. The maximum Gasteiger partial charge on any atom is 1.00 e. The molecule has 0 bridgehead atoms.